The number of fused-ring (bicyclic) bond motifs is 7. The number of carbonyl (C=O) groups is 3. The normalized spacial score (nSPS) is 38.9. The van der Waals surface area contributed by atoms with Crippen LogP contribution in [0.2, 0.25) is 0 Å². The van der Waals surface area contributed by atoms with Crippen molar-refractivity contribution in [3.63, 3.8) is 0 Å². The van der Waals surface area contributed by atoms with E-state index < -0.39 is 5.97 Å². The number of rotatable bonds is 12. The van der Waals surface area contributed by atoms with E-state index in [1.54, 1.807) is 12.1 Å². The zero-order chi connectivity index (χ0) is 37.7. The lowest BCUT2D eigenvalue weighted by Crippen LogP contribution is -2.67. The van der Waals surface area contributed by atoms with Crippen LogP contribution in [0.3, 0.4) is 0 Å². The number of aromatic carboxylic acids is 1. The summed E-state index contributed by atoms with van der Waals surface area (Å²) in [5.41, 5.74) is 2.26. The van der Waals surface area contributed by atoms with Gasteiger partial charge in [0.2, 0.25) is 11.8 Å². The van der Waals surface area contributed by atoms with E-state index in [1.807, 2.05) is 0 Å². The van der Waals surface area contributed by atoms with Crippen LogP contribution in [0.15, 0.2) is 36.4 Å². The summed E-state index contributed by atoms with van der Waals surface area (Å²) in [5.74, 6) is 1.68. The minimum Gasteiger partial charge on any atom is -0.478 e. The molecule has 2 amide bonds. The number of nitrogens with one attached hydrogen (secondary N) is 2. The quantitative estimate of drug-likeness (QED) is 0.127. The topological polar surface area (TPSA) is 116 Å². The Morgan fingerprint density at radius 2 is 1.56 bits per heavy atom. The van der Waals surface area contributed by atoms with E-state index in [-0.39, 0.29) is 50.6 Å². The van der Waals surface area contributed by atoms with Crippen molar-refractivity contribution in [3.05, 3.63) is 42.0 Å². The van der Waals surface area contributed by atoms with E-state index in [0.717, 1.165) is 70.6 Å². The molecule has 5 aliphatic rings. The van der Waals surface area contributed by atoms with Gasteiger partial charge in [0, 0.05) is 18.7 Å². The molecule has 6 rings (SSSR count). The first-order valence-corrected chi connectivity index (χ1v) is 20.8. The molecule has 7 nitrogen and oxygen atoms in total. The smallest absolute Gasteiger partial charge is 0.335 e. The molecule has 288 valence electrons. The maximum absolute atomic E-state index is 14.4. The molecule has 5 aliphatic carbocycles. The number of benzene rings is 1. The summed E-state index contributed by atoms with van der Waals surface area (Å²) in [6.45, 7) is 20.0. The number of carboxylic acids is 1. The van der Waals surface area contributed by atoms with Crippen LogP contribution < -0.4 is 10.6 Å². The third-order valence-electron chi connectivity index (χ3n) is 16.8. The summed E-state index contributed by atoms with van der Waals surface area (Å²) in [6.07, 6.45) is 16.0. The minimum absolute atomic E-state index is 0.0432. The van der Waals surface area contributed by atoms with Crippen LogP contribution in [-0.4, -0.2) is 40.6 Å². The Kier molecular flexibility index (Phi) is 10.9. The zero-order valence-corrected chi connectivity index (χ0v) is 33.1. The molecule has 5 fully saturated rings. The molecule has 0 spiro atoms. The molecule has 0 aromatic heterocycles. The molecule has 7 heteroatoms. The maximum Gasteiger partial charge on any atom is 0.335 e. The van der Waals surface area contributed by atoms with Crippen molar-refractivity contribution in [1.29, 1.82) is 0 Å². The van der Waals surface area contributed by atoms with Gasteiger partial charge in [0.25, 0.3) is 0 Å². The molecule has 1 aromatic rings. The number of carbonyl (C=O) groups excluding carboxylic acids is 2. The van der Waals surface area contributed by atoms with Gasteiger partial charge >= 0.3 is 5.97 Å². The highest BCUT2D eigenvalue weighted by molar-refractivity contribution is 5.93. The van der Waals surface area contributed by atoms with E-state index in [2.05, 4.69) is 58.8 Å². The Hall–Kier alpha value is -2.67. The number of hydrogen-bond donors (Lipinski definition) is 4. The summed E-state index contributed by atoms with van der Waals surface area (Å²) >= 11 is 0. The Labute approximate surface area is 313 Å². The first-order valence-electron chi connectivity index (χ1n) is 20.8. The van der Waals surface area contributed by atoms with Crippen molar-refractivity contribution in [1.82, 2.24) is 5.32 Å². The number of carboxylic acid groups (broad SMARTS) is 1. The van der Waals surface area contributed by atoms with Gasteiger partial charge in [-0.15, -0.1) is 0 Å². The fourth-order valence-electron chi connectivity index (χ4n) is 13.8. The summed E-state index contributed by atoms with van der Waals surface area (Å²) in [6, 6.07) is 6.33. The number of aliphatic hydroxyl groups is 1. The average molecular weight is 717 g/mol. The first kappa shape index (κ1) is 39.0. The van der Waals surface area contributed by atoms with Crippen LogP contribution in [0, 0.1) is 56.7 Å². The molecule has 52 heavy (non-hydrogen) atoms. The minimum atomic E-state index is -1.01. The number of anilines is 1. The largest absolute Gasteiger partial charge is 0.478 e. The number of hydrogen-bond acceptors (Lipinski definition) is 4. The zero-order valence-electron chi connectivity index (χ0n) is 33.1. The van der Waals surface area contributed by atoms with Gasteiger partial charge in [-0.2, -0.15) is 0 Å². The number of aliphatic hydroxyl groups excluding tert-OH is 1. The van der Waals surface area contributed by atoms with Gasteiger partial charge in [-0.05, 0) is 153 Å². The van der Waals surface area contributed by atoms with Gasteiger partial charge in [0.05, 0.1) is 17.1 Å². The summed E-state index contributed by atoms with van der Waals surface area (Å²) in [5, 5.41) is 26.5. The van der Waals surface area contributed by atoms with Crippen molar-refractivity contribution < 1.29 is 24.6 Å². The molecule has 4 N–H and O–H groups in total. The fourth-order valence-corrected chi connectivity index (χ4v) is 13.8. The molecular weight excluding hydrogens is 649 g/mol. The number of unbranched alkanes of at least 4 members (excludes halogenated alkanes) is 4. The van der Waals surface area contributed by atoms with E-state index in [4.69, 9.17) is 0 Å². The van der Waals surface area contributed by atoms with Gasteiger partial charge in [0.1, 0.15) is 0 Å². The second kappa shape index (κ2) is 14.5. The van der Waals surface area contributed by atoms with Crippen LogP contribution >= 0.6 is 0 Å². The Balaban J connectivity index is 1.04. The number of amides is 2. The fraction of sp³-hybridized carbons (Fsp3) is 0.756. The standard InChI is InChI=1S/C45H68N2O5/c1-29(2)32-19-24-45(40(52)46-27-12-10-8-9-11-16-37(49)47-31-15-13-14-30(28-31)39(50)51)26-25-43(6)33(38(32)45)17-18-35-42(5)22-21-36(48)41(3,4)34(42)20-23-44(35,43)7/h13-15,28,32-36,38,48H,1,8-12,16-27H2,2-7H3,(H,46,52)(H,47,49)(H,50,51)/t32-,33+,34-,35?,36-,38+,42-,43+,44+,45-/m0/s1. The predicted octanol–water partition coefficient (Wildman–Crippen LogP) is 9.80. The Bertz CT molecular complexity index is 1540. The van der Waals surface area contributed by atoms with Gasteiger partial charge in [0.15, 0.2) is 0 Å². The number of allylic oxidation sites excluding steroid dienone is 1. The van der Waals surface area contributed by atoms with Crippen LogP contribution in [0.1, 0.15) is 155 Å². The van der Waals surface area contributed by atoms with Crippen molar-refractivity contribution in [2.45, 2.75) is 150 Å². The van der Waals surface area contributed by atoms with Crippen LogP contribution in [0.5, 0.6) is 0 Å². The molecule has 0 bridgehead atoms. The van der Waals surface area contributed by atoms with Crippen LogP contribution in [0.4, 0.5) is 5.69 Å². The SMILES string of the molecule is C=C(C)[C@@H]1CC[C@]2(C(=O)NCCCCCCCC(=O)Nc3cccc(C(=O)O)c3)CC[C@]3(C)[C@H](CCC4[C@@]5(C)CC[C@H](O)C(C)(C)[C@@H]5CC[C@]43C)[C@@H]12. The lowest BCUT2D eigenvalue weighted by molar-refractivity contribution is -0.246. The van der Waals surface area contributed by atoms with Gasteiger partial charge in [-0.25, -0.2) is 4.79 Å². The summed E-state index contributed by atoms with van der Waals surface area (Å²) < 4.78 is 0. The molecule has 1 unspecified atom stereocenters. The first-order chi connectivity index (χ1) is 24.5. The molecule has 10 atom stereocenters. The molecule has 0 saturated heterocycles. The third kappa shape index (κ3) is 6.47. The molecule has 1 aromatic carbocycles. The van der Waals surface area contributed by atoms with Gasteiger partial charge in [-0.1, -0.05) is 72.1 Å². The van der Waals surface area contributed by atoms with Gasteiger partial charge < -0.3 is 20.8 Å². The van der Waals surface area contributed by atoms with Crippen molar-refractivity contribution in [3.8, 4) is 0 Å². The van der Waals surface area contributed by atoms with E-state index >= 15 is 0 Å². The highest BCUT2D eigenvalue weighted by Gasteiger charge is 2.71. The summed E-state index contributed by atoms with van der Waals surface area (Å²) in [4.78, 5) is 38.0. The van der Waals surface area contributed by atoms with Crippen molar-refractivity contribution >= 4 is 23.5 Å². The molecule has 0 aliphatic heterocycles. The Morgan fingerprint density at radius 1 is 0.827 bits per heavy atom. The molecule has 0 radical (unpaired) electrons. The van der Waals surface area contributed by atoms with E-state index in [9.17, 15) is 24.6 Å². The second-order valence-corrected chi connectivity index (χ2v) is 19.4. The Morgan fingerprint density at radius 3 is 2.29 bits per heavy atom. The third-order valence-corrected chi connectivity index (χ3v) is 16.8. The van der Waals surface area contributed by atoms with Crippen molar-refractivity contribution in [2.75, 3.05) is 11.9 Å². The molecule has 0 heterocycles. The monoisotopic (exact) mass is 717 g/mol. The molecular formula is C45H68N2O5. The highest BCUT2D eigenvalue weighted by Crippen LogP contribution is 2.77. The maximum atomic E-state index is 14.4. The summed E-state index contributed by atoms with van der Waals surface area (Å²) in [7, 11) is 0. The van der Waals surface area contributed by atoms with Crippen molar-refractivity contribution in [2.24, 2.45) is 56.7 Å². The lowest BCUT2D eigenvalue weighted by Gasteiger charge is -2.72. The highest BCUT2D eigenvalue weighted by atomic mass is 16.4. The van der Waals surface area contributed by atoms with E-state index in [0.29, 0.717) is 48.2 Å². The van der Waals surface area contributed by atoms with Crippen LogP contribution in [-0.2, 0) is 9.59 Å². The van der Waals surface area contributed by atoms with Crippen LogP contribution in [0.25, 0.3) is 0 Å². The molecule has 5 saturated carbocycles. The second-order valence-electron chi connectivity index (χ2n) is 19.4. The lowest BCUT2D eigenvalue weighted by atomic mass is 9.32. The predicted molar refractivity (Wildman–Crippen MR) is 208 cm³/mol. The average Bonchev–Trinajstić information content (AvgIpc) is 3.49. The van der Waals surface area contributed by atoms with E-state index in [1.165, 1.54) is 43.4 Å². The van der Waals surface area contributed by atoms with Gasteiger partial charge in [-0.3, -0.25) is 9.59 Å².